The van der Waals surface area contributed by atoms with Gasteiger partial charge in [-0.05, 0) is 17.7 Å². The van der Waals surface area contributed by atoms with Crippen LogP contribution in [0, 0.1) is 0 Å². The van der Waals surface area contributed by atoms with E-state index >= 15 is 0 Å². The molecule has 5 heteroatoms. The van der Waals surface area contributed by atoms with Crippen LogP contribution in [0.5, 0.6) is 5.75 Å². The number of hydrogen-bond donors (Lipinski definition) is 2. The number of methoxy groups -OCH3 is 1. The van der Waals surface area contributed by atoms with Gasteiger partial charge in [0.1, 0.15) is 5.75 Å². The lowest BCUT2D eigenvalue weighted by molar-refractivity contribution is 0.0143. The molecule has 0 radical (unpaired) electrons. The van der Waals surface area contributed by atoms with Gasteiger partial charge in [-0.25, -0.2) is 0 Å². The fourth-order valence-corrected chi connectivity index (χ4v) is 2.07. The first-order valence-electron chi connectivity index (χ1n) is 7.12. The zero-order valence-electron chi connectivity index (χ0n) is 12.6. The van der Waals surface area contributed by atoms with Crippen LogP contribution in [0.1, 0.15) is 25.5 Å². The van der Waals surface area contributed by atoms with Crippen molar-refractivity contribution in [3.05, 3.63) is 23.8 Å². The van der Waals surface area contributed by atoms with E-state index in [9.17, 15) is 5.11 Å². The molecule has 1 heterocycles. The van der Waals surface area contributed by atoms with Gasteiger partial charge in [0.05, 0.1) is 32.1 Å². The van der Waals surface area contributed by atoms with E-state index in [1.54, 1.807) is 19.2 Å². The van der Waals surface area contributed by atoms with E-state index in [2.05, 4.69) is 4.90 Å². The van der Waals surface area contributed by atoms with Crippen molar-refractivity contribution in [1.29, 1.82) is 0 Å². The van der Waals surface area contributed by atoms with Crippen molar-refractivity contribution in [1.82, 2.24) is 4.90 Å². The van der Waals surface area contributed by atoms with E-state index in [0.717, 1.165) is 31.9 Å². The molecule has 20 heavy (non-hydrogen) atoms. The summed E-state index contributed by atoms with van der Waals surface area (Å²) in [6, 6.07) is 5.39. The fraction of sp³-hybridized carbons (Fsp3) is 0.600. The van der Waals surface area contributed by atoms with E-state index in [0.29, 0.717) is 18.0 Å². The molecular formula is C15H26N2O3. The molecule has 3 N–H and O–H groups in total. The Morgan fingerprint density at radius 3 is 2.60 bits per heavy atom. The summed E-state index contributed by atoms with van der Waals surface area (Å²) in [5, 5.41) is 10.2. The predicted molar refractivity (Wildman–Crippen MR) is 81.0 cm³/mol. The smallest absolute Gasteiger partial charge is 0.142 e. The van der Waals surface area contributed by atoms with Gasteiger partial charge in [-0.2, -0.15) is 0 Å². The summed E-state index contributed by atoms with van der Waals surface area (Å²) in [6.07, 6.45) is -0.530. The minimum Gasteiger partial charge on any atom is -0.495 e. The topological polar surface area (TPSA) is 68.0 Å². The number of rotatable bonds is 4. The molecule has 0 spiro atoms. The van der Waals surface area contributed by atoms with E-state index < -0.39 is 6.10 Å². The highest BCUT2D eigenvalue weighted by molar-refractivity contribution is 5.54. The molecule has 0 amide bonds. The molecule has 1 aromatic rings. The van der Waals surface area contributed by atoms with Gasteiger partial charge in [-0.1, -0.05) is 19.9 Å². The number of aliphatic hydroxyl groups excluding tert-OH is 1. The van der Waals surface area contributed by atoms with Gasteiger partial charge >= 0.3 is 0 Å². The Kier molecular flexibility index (Phi) is 7.36. The Morgan fingerprint density at radius 2 is 2.00 bits per heavy atom. The quantitative estimate of drug-likeness (QED) is 0.822. The molecule has 1 fully saturated rings. The molecule has 1 aliphatic rings. The van der Waals surface area contributed by atoms with Crippen LogP contribution in [0.25, 0.3) is 0 Å². The zero-order chi connectivity index (χ0) is 15.0. The molecule has 0 bridgehead atoms. The lowest BCUT2D eigenvalue weighted by atomic mass is 10.1. The first kappa shape index (κ1) is 16.8. The summed E-state index contributed by atoms with van der Waals surface area (Å²) in [7, 11) is 1.57. The van der Waals surface area contributed by atoms with Crippen LogP contribution in [0.3, 0.4) is 0 Å². The maximum absolute atomic E-state index is 10.2. The Hall–Kier alpha value is -1.30. The number of nitrogen functional groups attached to an aromatic ring is 1. The first-order chi connectivity index (χ1) is 9.70. The fourth-order valence-electron chi connectivity index (χ4n) is 2.07. The van der Waals surface area contributed by atoms with Crippen LogP contribution < -0.4 is 10.5 Å². The average molecular weight is 282 g/mol. The third kappa shape index (κ3) is 4.67. The highest BCUT2D eigenvalue weighted by atomic mass is 16.5. The number of β-amino-alcohol motifs (C(OH)–C–C–N with tert-alkyl or cyclic N) is 1. The van der Waals surface area contributed by atoms with Crippen molar-refractivity contribution in [2.24, 2.45) is 0 Å². The summed E-state index contributed by atoms with van der Waals surface area (Å²) in [4.78, 5) is 2.19. The maximum Gasteiger partial charge on any atom is 0.142 e. The third-order valence-corrected chi connectivity index (χ3v) is 3.18. The number of morpholine rings is 1. The largest absolute Gasteiger partial charge is 0.495 e. The van der Waals surface area contributed by atoms with Gasteiger partial charge in [-0.3, -0.25) is 4.90 Å². The second-order valence-electron chi connectivity index (χ2n) is 4.43. The second-order valence-corrected chi connectivity index (χ2v) is 4.43. The Labute approximate surface area is 121 Å². The molecular weight excluding hydrogens is 256 g/mol. The van der Waals surface area contributed by atoms with Crippen molar-refractivity contribution >= 4 is 5.69 Å². The van der Waals surface area contributed by atoms with E-state index in [1.165, 1.54) is 0 Å². The Bertz CT molecular complexity index is 393. The second kappa shape index (κ2) is 8.79. The molecule has 1 atom stereocenters. The highest BCUT2D eigenvalue weighted by Crippen LogP contribution is 2.26. The van der Waals surface area contributed by atoms with E-state index in [4.69, 9.17) is 15.2 Å². The number of anilines is 1. The lowest BCUT2D eigenvalue weighted by Crippen LogP contribution is -2.38. The lowest BCUT2D eigenvalue weighted by Gasteiger charge is -2.28. The molecule has 1 unspecified atom stereocenters. The molecule has 5 nitrogen and oxygen atoms in total. The normalized spacial score (nSPS) is 17.0. The molecule has 114 valence electrons. The van der Waals surface area contributed by atoms with Crippen LogP contribution in [0.4, 0.5) is 5.69 Å². The van der Waals surface area contributed by atoms with Gasteiger partial charge in [0.2, 0.25) is 0 Å². The minimum absolute atomic E-state index is 0.530. The number of benzene rings is 1. The number of nitrogens with zero attached hydrogens (tertiary/aromatic N) is 1. The van der Waals surface area contributed by atoms with Crippen LogP contribution >= 0.6 is 0 Å². The molecule has 0 aliphatic carbocycles. The third-order valence-electron chi connectivity index (χ3n) is 3.18. The van der Waals surface area contributed by atoms with Gasteiger partial charge < -0.3 is 20.3 Å². The van der Waals surface area contributed by atoms with Crippen molar-refractivity contribution in [3.63, 3.8) is 0 Å². The number of ether oxygens (including phenoxy) is 2. The SMILES string of the molecule is CC.COc1cc(C(O)CN2CCOCC2)ccc1N. The number of aliphatic hydroxyl groups is 1. The van der Waals surface area contributed by atoms with Gasteiger partial charge in [-0.15, -0.1) is 0 Å². The van der Waals surface area contributed by atoms with Crippen molar-refractivity contribution in [2.45, 2.75) is 20.0 Å². The monoisotopic (exact) mass is 282 g/mol. The summed E-state index contributed by atoms with van der Waals surface area (Å²) in [6.45, 7) is 7.80. The van der Waals surface area contributed by atoms with Crippen molar-refractivity contribution in [2.75, 3.05) is 45.7 Å². The summed E-state index contributed by atoms with van der Waals surface area (Å²) >= 11 is 0. The highest BCUT2D eigenvalue weighted by Gasteiger charge is 2.17. The molecule has 1 aromatic carbocycles. The Morgan fingerprint density at radius 1 is 1.35 bits per heavy atom. The molecule has 1 aliphatic heterocycles. The van der Waals surface area contributed by atoms with Crippen molar-refractivity contribution < 1.29 is 14.6 Å². The van der Waals surface area contributed by atoms with Gasteiger partial charge in [0.25, 0.3) is 0 Å². The van der Waals surface area contributed by atoms with Crippen LogP contribution in [-0.4, -0.2) is 50.0 Å². The summed E-state index contributed by atoms with van der Waals surface area (Å²) < 4.78 is 10.4. The Balaban J connectivity index is 0.000000956. The molecule has 0 aromatic heterocycles. The van der Waals surface area contributed by atoms with Crippen molar-refractivity contribution in [3.8, 4) is 5.75 Å². The zero-order valence-corrected chi connectivity index (χ0v) is 12.6. The first-order valence-corrected chi connectivity index (χ1v) is 7.12. The molecule has 1 saturated heterocycles. The summed E-state index contributed by atoms with van der Waals surface area (Å²) in [5.41, 5.74) is 7.16. The van der Waals surface area contributed by atoms with Crippen LogP contribution in [0.15, 0.2) is 18.2 Å². The molecule has 0 saturated carbocycles. The number of nitrogens with two attached hydrogens (primary N) is 1. The van der Waals surface area contributed by atoms with Crippen LogP contribution in [0.2, 0.25) is 0 Å². The average Bonchev–Trinajstić information content (AvgIpc) is 2.50. The van der Waals surface area contributed by atoms with Gasteiger partial charge in [0, 0.05) is 19.6 Å². The van der Waals surface area contributed by atoms with E-state index in [-0.39, 0.29) is 0 Å². The van der Waals surface area contributed by atoms with Gasteiger partial charge in [0.15, 0.2) is 0 Å². The summed E-state index contributed by atoms with van der Waals surface area (Å²) in [5.74, 6) is 0.605. The van der Waals surface area contributed by atoms with Crippen LogP contribution in [-0.2, 0) is 4.74 Å². The number of hydrogen-bond acceptors (Lipinski definition) is 5. The van der Waals surface area contributed by atoms with E-state index in [1.807, 2.05) is 19.9 Å². The molecule has 2 rings (SSSR count). The minimum atomic E-state index is -0.530. The standard InChI is InChI=1S/C13H20N2O3.C2H6/c1-17-13-8-10(2-3-11(13)14)12(16)9-15-4-6-18-7-5-15;1-2/h2-3,8,12,16H,4-7,9,14H2,1H3;1-2H3. The predicted octanol–water partition coefficient (Wildman–Crippen LogP) is 1.67. The maximum atomic E-state index is 10.2.